The monoisotopic (exact) mass is 1460 g/mol. The Balaban J connectivity index is -0.000000533. The van der Waals surface area contributed by atoms with E-state index < -0.39 is 29.6 Å². The van der Waals surface area contributed by atoms with E-state index in [1.165, 1.54) is 44.5 Å². The molecule has 0 aliphatic rings. The first-order valence-corrected chi connectivity index (χ1v) is 33.6. The van der Waals surface area contributed by atoms with Crippen LogP contribution in [0, 0.1) is 111 Å². The highest BCUT2D eigenvalue weighted by Gasteiger charge is 2.12. The molecule has 0 aliphatic heterocycles. The first-order valence-electron chi connectivity index (χ1n) is 33.6. The highest BCUT2D eigenvalue weighted by Crippen LogP contribution is 1.99. The summed E-state index contributed by atoms with van der Waals surface area (Å²) in [5.74, 6) is 0. The topological polar surface area (TPSA) is 289 Å². The molecule has 0 aromatic carbocycles. The Bertz CT molecular complexity index is 2860. The molecule has 0 radical (unpaired) electrons. The van der Waals surface area contributed by atoms with Gasteiger partial charge >= 0.3 is 0 Å². The van der Waals surface area contributed by atoms with Gasteiger partial charge in [-0.15, -0.1) is 0 Å². The summed E-state index contributed by atoms with van der Waals surface area (Å²) >= 11 is 0. The predicted octanol–water partition coefficient (Wildman–Crippen LogP) is -1.04. The van der Waals surface area contributed by atoms with Gasteiger partial charge in [0.25, 0.3) is 0 Å². The van der Waals surface area contributed by atoms with Crippen LogP contribution in [0.25, 0.3) is 0 Å². The van der Waals surface area contributed by atoms with Gasteiger partial charge in [-0.1, -0.05) is 0 Å². The Kier molecular flexibility index (Phi) is 60.3. The quantitative estimate of drug-likeness (QED) is 0.0634. The number of halogens is 4. The number of rotatable bonds is 16. The van der Waals surface area contributed by atoms with Gasteiger partial charge in [0.15, 0.2) is 52.9 Å². The average molecular weight is 1460 g/mol. The van der Waals surface area contributed by atoms with Crippen molar-refractivity contribution < 1.29 is 134 Å². The number of hydrogen-bond acceptors (Lipinski definition) is 16. The second kappa shape index (κ2) is 61.7. The van der Waals surface area contributed by atoms with Gasteiger partial charge in [-0.2, -0.15) is 0 Å². The second-order valence-corrected chi connectivity index (χ2v) is 21.8. The Morgan fingerprint density at radius 1 is 0.202 bits per heavy atom. The second-order valence-electron chi connectivity index (χ2n) is 21.8. The van der Waals surface area contributed by atoms with E-state index in [0.717, 1.165) is 45.6 Å². The Labute approximate surface area is 616 Å². The summed E-state index contributed by atoms with van der Waals surface area (Å²) in [4.78, 5) is 42.7. The van der Waals surface area contributed by atoms with E-state index in [4.69, 9.17) is 78.9 Å². The predicted molar refractivity (Wildman–Crippen MR) is 373 cm³/mol. The van der Waals surface area contributed by atoms with Gasteiger partial charge in [-0.3, -0.25) is 38.7 Å². The molecule has 0 N–H and O–H groups in total. The molecule has 576 valence electrons. The SMILES string of the molecule is CCO[n+]1cc(C)ccc1C.CCO[n+]1cc(C)ccc1C.CCO[n+]1cc(C)ccc1C.CCO[n+]1cc(C)ccc1C.CCO[n+]1cc(C)ccc1C.CCO[n+]1cc(C)ccc1C.CCO[n+]1cc(C)ccc1C.CCO[n+]1cc(C)ccc1C.[O-]B([O-])F.[O-]B([O-])F.[O-]B([O-])F.[O-]B([O-])F. The normalized spacial score (nSPS) is 9.27. The van der Waals surface area contributed by atoms with Crippen molar-refractivity contribution in [2.24, 2.45) is 0 Å². The fourth-order valence-electron chi connectivity index (χ4n) is 7.47. The highest BCUT2D eigenvalue weighted by molar-refractivity contribution is 6.27. The van der Waals surface area contributed by atoms with Crippen molar-refractivity contribution in [3.63, 3.8) is 0 Å². The minimum absolute atomic E-state index is 0.703. The first kappa shape index (κ1) is 102. The fourth-order valence-corrected chi connectivity index (χ4v) is 7.47. The molecule has 0 bridgehead atoms. The molecule has 0 aliphatic carbocycles. The minimum atomic E-state index is -3.17. The molecule has 24 nitrogen and oxygen atoms in total. The van der Waals surface area contributed by atoms with Crippen molar-refractivity contribution in [3.8, 4) is 0 Å². The van der Waals surface area contributed by atoms with Crippen molar-refractivity contribution in [2.45, 2.75) is 166 Å². The van der Waals surface area contributed by atoms with E-state index >= 15 is 0 Å². The summed E-state index contributed by atoms with van der Waals surface area (Å²) in [6.45, 7) is 54.1. The molecule has 8 rings (SSSR count). The fraction of sp³-hybridized carbons (Fsp3) is 0.444. The third-order valence-corrected chi connectivity index (χ3v) is 12.2. The van der Waals surface area contributed by atoms with E-state index in [0.29, 0.717) is 52.9 Å². The van der Waals surface area contributed by atoms with Crippen LogP contribution in [0.1, 0.15) is 145 Å². The van der Waals surface area contributed by atoms with E-state index in [-0.39, 0.29) is 0 Å². The molecule has 0 unspecified atom stereocenters. The molecule has 104 heavy (non-hydrogen) atoms. The van der Waals surface area contributed by atoms with Crippen LogP contribution in [-0.4, -0.2) is 82.4 Å². The van der Waals surface area contributed by atoms with E-state index in [1.807, 2.05) is 209 Å². The molecule has 8 aromatic rings. The van der Waals surface area contributed by atoms with Crippen LogP contribution in [0.15, 0.2) is 147 Å². The largest absolute Gasteiger partial charge is 0.867 e. The van der Waals surface area contributed by atoms with Crippen molar-refractivity contribution in [2.75, 3.05) is 52.9 Å². The number of aryl methyl sites for hydroxylation is 16. The zero-order valence-electron chi connectivity index (χ0n) is 65.4. The van der Waals surface area contributed by atoms with E-state index in [1.54, 1.807) is 37.8 Å². The third kappa shape index (κ3) is 55.8. The number of pyridine rings is 8. The molecule has 0 atom stereocenters. The smallest absolute Gasteiger partial charge is 0.231 e. The number of hydrogen-bond donors (Lipinski definition) is 0. The molecule has 32 heteroatoms. The van der Waals surface area contributed by atoms with Crippen LogP contribution in [0.3, 0.4) is 0 Å². The maximum absolute atomic E-state index is 9.89. The minimum Gasteiger partial charge on any atom is -0.867 e. The lowest BCUT2D eigenvalue weighted by atomic mass is 10.3. The van der Waals surface area contributed by atoms with Crippen molar-refractivity contribution in [1.82, 2.24) is 0 Å². The zero-order chi connectivity index (χ0) is 80.5. The lowest BCUT2D eigenvalue weighted by Crippen LogP contribution is -2.45. The van der Waals surface area contributed by atoms with Gasteiger partial charge in [0.05, 0.1) is 0 Å². The number of nitrogens with zero attached hydrogens (tertiary/aromatic N) is 8. The molecule has 8 heterocycles. The summed E-state index contributed by atoms with van der Waals surface area (Å²) in [7, 11) is -12.7. The molecule has 8 aromatic heterocycles. The van der Waals surface area contributed by atoms with Crippen molar-refractivity contribution in [1.29, 1.82) is 0 Å². The van der Waals surface area contributed by atoms with Crippen LogP contribution in [0.2, 0.25) is 0 Å². The van der Waals surface area contributed by atoms with Crippen molar-refractivity contribution >= 4 is 29.6 Å². The summed E-state index contributed by atoms with van der Waals surface area (Å²) in [6.07, 6.45) is 15.9. The third-order valence-electron chi connectivity index (χ3n) is 12.2. The molecular formula is C72H112B4F4N8O16. The van der Waals surface area contributed by atoms with Crippen LogP contribution >= 0.6 is 0 Å². The molecule has 0 saturated carbocycles. The molecule has 0 spiro atoms. The zero-order valence-corrected chi connectivity index (χ0v) is 65.4. The maximum atomic E-state index is 9.89. The molecule has 0 fully saturated rings. The van der Waals surface area contributed by atoms with Gasteiger partial charge in [0.2, 0.25) is 95.1 Å². The summed E-state index contributed by atoms with van der Waals surface area (Å²) < 4.78 is 54.0. The summed E-state index contributed by atoms with van der Waals surface area (Å²) in [6, 6.07) is 33.0. The summed E-state index contributed by atoms with van der Waals surface area (Å²) in [5, 5.41) is 66.4. The van der Waals surface area contributed by atoms with Crippen LogP contribution in [0.4, 0.5) is 17.3 Å². The maximum Gasteiger partial charge on any atom is 0.231 e. The standard InChI is InChI=1S/8C9H14NO.4BFO2/c8*1-4-11-10-7-8(2)5-6-9(10)3;4*2-1(3)4/h8*5-7H,4H2,1-3H3;;;;/q8*+1;4*-2. The molecule has 0 amide bonds. The van der Waals surface area contributed by atoms with Gasteiger partial charge in [0, 0.05) is 186 Å². The van der Waals surface area contributed by atoms with E-state index in [9.17, 15) is 17.3 Å². The number of aromatic nitrogens is 8. The summed E-state index contributed by atoms with van der Waals surface area (Å²) in [5.41, 5.74) is 18.7. The van der Waals surface area contributed by atoms with E-state index in [2.05, 4.69) is 104 Å². The Morgan fingerprint density at radius 2 is 0.279 bits per heavy atom. The van der Waals surface area contributed by atoms with Gasteiger partial charge in [-0.05, 0) is 159 Å². The lowest BCUT2D eigenvalue weighted by Gasteiger charge is -2.09. The molecule has 0 saturated heterocycles. The Hall–Kier alpha value is -8.74. The Morgan fingerprint density at radius 3 is 0.346 bits per heavy atom. The van der Waals surface area contributed by atoms with Crippen LogP contribution in [0.5, 0.6) is 0 Å². The van der Waals surface area contributed by atoms with Crippen LogP contribution < -0.4 is 117 Å². The van der Waals surface area contributed by atoms with Crippen LogP contribution in [-0.2, 0) is 0 Å². The van der Waals surface area contributed by atoms with Gasteiger partial charge in [-0.25, -0.2) is 0 Å². The van der Waals surface area contributed by atoms with Gasteiger partial charge < -0.3 is 57.5 Å². The highest BCUT2D eigenvalue weighted by atomic mass is 19.1. The van der Waals surface area contributed by atoms with Gasteiger partial charge in [0.1, 0.15) is 29.6 Å². The average Bonchev–Trinajstić information content (AvgIpc) is 1.94. The molecular weight excluding hydrogens is 1350 g/mol. The lowest BCUT2D eigenvalue weighted by molar-refractivity contribution is -0.895. The first-order chi connectivity index (χ1) is 48.8. The van der Waals surface area contributed by atoms with Crippen molar-refractivity contribution in [3.05, 3.63) is 237 Å².